The van der Waals surface area contributed by atoms with Gasteiger partial charge < -0.3 is 4.57 Å². The van der Waals surface area contributed by atoms with Gasteiger partial charge in [-0.3, -0.25) is 0 Å². The number of hydrogen-bond donors (Lipinski definition) is 0. The summed E-state index contributed by atoms with van der Waals surface area (Å²) in [4.78, 5) is 4.77. The third kappa shape index (κ3) is 2.03. The Hall–Kier alpha value is -2.37. The van der Waals surface area contributed by atoms with Crippen molar-refractivity contribution in [2.75, 3.05) is 0 Å². The van der Waals surface area contributed by atoms with Gasteiger partial charge in [0, 0.05) is 42.7 Å². The second-order valence-corrected chi connectivity index (χ2v) is 12.9. The monoisotopic (exact) mass is 444 g/mol. The van der Waals surface area contributed by atoms with E-state index in [0.29, 0.717) is 11.8 Å². The number of aryl methyl sites for hydroxylation is 1. The summed E-state index contributed by atoms with van der Waals surface area (Å²) in [7, 11) is 2.08. The number of fused-ring (bicyclic) bond motifs is 10. The van der Waals surface area contributed by atoms with Crippen molar-refractivity contribution in [3.05, 3.63) is 53.1 Å². The summed E-state index contributed by atoms with van der Waals surface area (Å²) in [6, 6.07) is 0. The van der Waals surface area contributed by atoms with Crippen LogP contribution >= 0.6 is 0 Å². The lowest BCUT2D eigenvalue weighted by atomic mass is 9.70. The van der Waals surface area contributed by atoms with Crippen molar-refractivity contribution in [2.45, 2.75) is 96.1 Å². The molecule has 7 rings (SSSR count). The van der Waals surface area contributed by atoms with Gasteiger partial charge in [-0.25, -0.2) is 14.3 Å². The summed E-state index contributed by atoms with van der Waals surface area (Å²) >= 11 is 0. The van der Waals surface area contributed by atoms with Crippen molar-refractivity contribution >= 4 is 0 Å². The Labute approximate surface area is 196 Å². The molecule has 33 heavy (non-hydrogen) atoms. The van der Waals surface area contributed by atoms with E-state index in [2.05, 4.69) is 74.9 Å². The van der Waals surface area contributed by atoms with Crippen LogP contribution in [-0.2, 0) is 17.9 Å². The molecule has 2 fully saturated rings. The van der Waals surface area contributed by atoms with Gasteiger partial charge in [0.25, 0.3) is 0 Å². The van der Waals surface area contributed by atoms with Crippen molar-refractivity contribution < 1.29 is 0 Å². The molecule has 4 aliphatic carbocycles. The van der Waals surface area contributed by atoms with E-state index in [4.69, 9.17) is 15.2 Å². The molecule has 3 aromatic heterocycles. The summed E-state index contributed by atoms with van der Waals surface area (Å²) < 4.78 is 6.44. The smallest absolute Gasteiger partial charge is 0.200 e. The normalized spacial score (nSPS) is 35.2. The van der Waals surface area contributed by atoms with Gasteiger partial charge in [0.05, 0.1) is 11.4 Å². The topological polar surface area (TPSA) is 53.5 Å². The lowest BCUT2D eigenvalue weighted by molar-refractivity contribution is 0.217. The maximum Gasteiger partial charge on any atom is 0.200 e. The number of rotatable bonds is 3. The van der Waals surface area contributed by atoms with Gasteiger partial charge in [-0.05, 0) is 59.5 Å². The van der Waals surface area contributed by atoms with E-state index in [1.54, 1.807) is 0 Å². The Morgan fingerprint density at radius 3 is 1.70 bits per heavy atom. The number of nitrogens with zero attached hydrogens (tertiary/aromatic N) is 6. The maximum atomic E-state index is 5.30. The summed E-state index contributed by atoms with van der Waals surface area (Å²) in [5.41, 5.74) is 6.33. The van der Waals surface area contributed by atoms with Crippen LogP contribution in [0.25, 0.3) is 0 Å². The standard InChI is InChI=1S/C27H36N6/c1-24(2)18-8-10-26(24,5)20-16(18)14-32(29-20)23(22-28-12-13-31(22)7)33-15-17-19-9-11-27(6,21(17)30-33)25(19,3)4/h12-15,18-19,23H,8-11H2,1-7H3/t18-,19?,23?,26+,27?/m1/s1. The molecule has 6 nitrogen and oxygen atoms in total. The molecule has 6 heteroatoms. The van der Waals surface area contributed by atoms with Gasteiger partial charge in [0.1, 0.15) is 0 Å². The Balaban J connectivity index is 1.39. The zero-order valence-corrected chi connectivity index (χ0v) is 21.1. The van der Waals surface area contributed by atoms with Crippen LogP contribution in [0.1, 0.15) is 114 Å². The van der Waals surface area contributed by atoms with E-state index in [0.717, 1.165) is 5.82 Å². The molecule has 3 unspecified atom stereocenters. The van der Waals surface area contributed by atoms with Crippen LogP contribution in [0.15, 0.2) is 24.8 Å². The van der Waals surface area contributed by atoms with Gasteiger partial charge in [0.2, 0.25) is 6.17 Å². The highest BCUT2D eigenvalue weighted by atomic mass is 15.5. The molecule has 0 aliphatic heterocycles. The summed E-state index contributed by atoms with van der Waals surface area (Å²) in [5, 5.41) is 10.6. The van der Waals surface area contributed by atoms with Crippen LogP contribution in [0.5, 0.6) is 0 Å². The minimum atomic E-state index is -0.168. The molecule has 0 saturated heterocycles. The van der Waals surface area contributed by atoms with Crippen LogP contribution in [0.4, 0.5) is 0 Å². The predicted molar refractivity (Wildman–Crippen MR) is 127 cm³/mol. The number of aromatic nitrogens is 6. The lowest BCUT2D eigenvalue weighted by Gasteiger charge is -2.35. The van der Waals surface area contributed by atoms with Gasteiger partial charge in [-0.15, -0.1) is 0 Å². The minimum absolute atomic E-state index is 0.146. The fourth-order valence-corrected chi connectivity index (χ4v) is 8.35. The fourth-order valence-electron chi connectivity index (χ4n) is 8.35. The summed E-state index contributed by atoms with van der Waals surface area (Å²) in [6.45, 7) is 14.6. The highest BCUT2D eigenvalue weighted by molar-refractivity contribution is 5.46. The van der Waals surface area contributed by atoms with E-state index in [-0.39, 0.29) is 27.8 Å². The Morgan fingerprint density at radius 2 is 1.30 bits per heavy atom. The quantitative estimate of drug-likeness (QED) is 0.554. The average Bonchev–Trinajstić information content (AvgIpc) is 3.56. The average molecular weight is 445 g/mol. The molecule has 0 aromatic carbocycles. The summed E-state index contributed by atoms with van der Waals surface area (Å²) in [6.07, 6.45) is 13.4. The summed E-state index contributed by atoms with van der Waals surface area (Å²) in [5.74, 6) is 2.16. The van der Waals surface area contributed by atoms with Crippen LogP contribution in [-0.4, -0.2) is 29.1 Å². The Kier molecular flexibility index (Phi) is 3.42. The number of hydrogen-bond acceptors (Lipinski definition) is 3. The molecule has 3 heterocycles. The van der Waals surface area contributed by atoms with E-state index in [1.165, 1.54) is 48.2 Å². The molecule has 0 N–H and O–H groups in total. The minimum Gasteiger partial charge on any atom is -0.335 e. The van der Waals surface area contributed by atoms with Crippen molar-refractivity contribution in [3.8, 4) is 0 Å². The second-order valence-electron chi connectivity index (χ2n) is 12.9. The molecular weight excluding hydrogens is 408 g/mol. The molecule has 0 spiro atoms. The van der Waals surface area contributed by atoms with E-state index >= 15 is 0 Å². The molecule has 0 amide bonds. The molecular formula is C27H36N6. The maximum absolute atomic E-state index is 5.30. The third-order valence-corrected chi connectivity index (χ3v) is 11.4. The van der Waals surface area contributed by atoms with Crippen molar-refractivity contribution in [2.24, 2.45) is 17.9 Å². The largest absolute Gasteiger partial charge is 0.335 e. The van der Waals surface area contributed by atoms with Crippen LogP contribution in [0.3, 0.4) is 0 Å². The zero-order chi connectivity index (χ0) is 23.1. The Bertz CT molecular complexity index is 1220. The van der Waals surface area contributed by atoms with Crippen LogP contribution in [0, 0.1) is 10.8 Å². The second kappa shape index (κ2) is 5.64. The first kappa shape index (κ1) is 20.0. The van der Waals surface area contributed by atoms with Crippen molar-refractivity contribution in [1.82, 2.24) is 29.1 Å². The highest BCUT2D eigenvalue weighted by Gasteiger charge is 2.62. The SMILES string of the molecule is Cn1ccnc1C(n1cc2c(n1)C1(C)CCC2C1(C)C)n1cc2c(n1)[C@]1(C)CC[C@H]2C1(C)C. The fraction of sp³-hybridized carbons (Fsp3) is 0.667. The molecule has 174 valence electrons. The molecule has 3 aromatic rings. The van der Waals surface area contributed by atoms with Crippen LogP contribution in [0.2, 0.25) is 0 Å². The lowest BCUT2D eigenvalue weighted by Crippen LogP contribution is -2.34. The van der Waals surface area contributed by atoms with Gasteiger partial charge >= 0.3 is 0 Å². The van der Waals surface area contributed by atoms with E-state index < -0.39 is 0 Å². The molecule has 4 bridgehead atoms. The van der Waals surface area contributed by atoms with E-state index in [9.17, 15) is 0 Å². The molecule has 5 atom stereocenters. The zero-order valence-electron chi connectivity index (χ0n) is 21.1. The van der Waals surface area contributed by atoms with Gasteiger partial charge in [-0.1, -0.05) is 41.5 Å². The first-order valence-electron chi connectivity index (χ1n) is 12.7. The van der Waals surface area contributed by atoms with E-state index in [1.807, 2.05) is 12.4 Å². The molecule has 4 aliphatic rings. The first-order chi connectivity index (χ1) is 15.5. The van der Waals surface area contributed by atoms with Crippen molar-refractivity contribution in [1.29, 1.82) is 0 Å². The Morgan fingerprint density at radius 1 is 0.818 bits per heavy atom. The van der Waals surface area contributed by atoms with Crippen molar-refractivity contribution in [3.63, 3.8) is 0 Å². The van der Waals surface area contributed by atoms with Crippen LogP contribution < -0.4 is 0 Å². The predicted octanol–water partition coefficient (Wildman–Crippen LogP) is 5.26. The van der Waals surface area contributed by atoms with Gasteiger partial charge in [0.15, 0.2) is 5.82 Å². The molecule has 2 saturated carbocycles. The first-order valence-corrected chi connectivity index (χ1v) is 12.7. The molecule has 0 radical (unpaired) electrons. The number of imidazole rings is 1. The van der Waals surface area contributed by atoms with Gasteiger partial charge in [-0.2, -0.15) is 10.2 Å². The third-order valence-electron chi connectivity index (χ3n) is 11.4. The highest BCUT2D eigenvalue weighted by Crippen LogP contribution is 2.68.